The SMILES string of the molecule is COC(=O)C(=O)CCCCNC(=O)OCc1ccccc1. The van der Waals surface area contributed by atoms with Gasteiger partial charge in [-0.05, 0) is 18.4 Å². The van der Waals surface area contributed by atoms with Gasteiger partial charge in [0.1, 0.15) is 6.61 Å². The molecule has 0 aliphatic carbocycles. The number of hydrogen-bond donors (Lipinski definition) is 1. The lowest BCUT2D eigenvalue weighted by Gasteiger charge is -2.06. The Kier molecular flexibility index (Phi) is 7.56. The lowest BCUT2D eigenvalue weighted by atomic mass is 10.2. The van der Waals surface area contributed by atoms with E-state index in [2.05, 4.69) is 10.1 Å². The largest absolute Gasteiger partial charge is 0.463 e. The summed E-state index contributed by atoms with van der Waals surface area (Å²) in [6.45, 7) is 0.607. The van der Waals surface area contributed by atoms with E-state index in [-0.39, 0.29) is 13.0 Å². The van der Waals surface area contributed by atoms with Gasteiger partial charge in [-0.15, -0.1) is 0 Å². The number of rotatable bonds is 8. The van der Waals surface area contributed by atoms with E-state index in [0.717, 1.165) is 5.56 Å². The van der Waals surface area contributed by atoms with Gasteiger partial charge in [-0.2, -0.15) is 0 Å². The van der Waals surface area contributed by atoms with Gasteiger partial charge in [0.25, 0.3) is 0 Å². The van der Waals surface area contributed by atoms with E-state index in [4.69, 9.17) is 4.74 Å². The molecule has 1 N–H and O–H groups in total. The third kappa shape index (κ3) is 7.10. The smallest absolute Gasteiger partial charge is 0.407 e. The summed E-state index contributed by atoms with van der Waals surface area (Å²) in [5.74, 6) is -1.38. The summed E-state index contributed by atoms with van der Waals surface area (Å²) in [4.78, 5) is 33.4. The van der Waals surface area contributed by atoms with Crippen LogP contribution in [0.1, 0.15) is 24.8 Å². The topological polar surface area (TPSA) is 81.7 Å². The summed E-state index contributed by atoms with van der Waals surface area (Å²) in [6.07, 6.45) is 0.710. The number of unbranched alkanes of at least 4 members (excludes halogenated alkanes) is 1. The molecule has 1 aromatic rings. The molecule has 0 heterocycles. The van der Waals surface area contributed by atoms with Crippen molar-refractivity contribution in [2.45, 2.75) is 25.9 Å². The van der Waals surface area contributed by atoms with Crippen molar-refractivity contribution in [1.29, 1.82) is 0 Å². The minimum Gasteiger partial charge on any atom is -0.463 e. The number of hydrogen-bond acceptors (Lipinski definition) is 5. The average molecular weight is 293 g/mol. The van der Waals surface area contributed by atoms with Crippen LogP contribution in [0.25, 0.3) is 0 Å². The predicted octanol–water partition coefficient (Wildman–Crippen LogP) is 1.83. The number of Topliss-reactive ketones (excluding diaryl/α,β-unsaturated/α-hetero) is 1. The highest BCUT2D eigenvalue weighted by atomic mass is 16.5. The van der Waals surface area contributed by atoms with E-state index in [1.54, 1.807) is 0 Å². The number of ketones is 1. The Balaban J connectivity index is 2.06. The van der Waals surface area contributed by atoms with Gasteiger partial charge in [0.15, 0.2) is 0 Å². The number of methoxy groups -OCH3 is 1. The number of benzene rings is 1. The quantitative estimate of drug-likeness (QED) is 0.449. The summed E-state index contributed by atoms with van der Waals surface area (Å²) in [5.41, 5.74) is 0.913. The zero-order valence-electron chi connectivity index (χ0n) is 12.0. The molecule has 114 valence electrons. The molecular formula is C15H19NO5. The van der Waals surface area contributed by atoms with Crippen molar-refractivity contribution < 1.29 is 23.9 Å². The van der Waals surface area contributed by atoms with Gasteiger partial charge in [0.05, 0.1) is 7.11 Å². The standard InChI is InChI=1S/C15H19NO5/c1-20-14(18)13(17)9-5-6-10-16-15(19)21-11-12-7-3-2-4-8-12/h2-4,7-8H,5-6,9-11H2,1H3,(H,16,19). The maximum Gasteiger partial charge on any atom is 0.407 e. The van der Waals surface area contributed by atoms with Crippen molar-refractivity contribution >= 4 is 17.8 Å². The summed E-state index contributed by atoms with van der Waals surface area (Å²) in [7, 11) is 1.17. The first-order valence-electron chi connectivity index (χ1n) is 6.69. The fourth-order valence-corrected chi connectivity index (χ4v) is 1.59. The molecule has 0 aromatic heterocycles. The van der Waals surface area contributed by atoms with Crippen molar-refractivity contribution in [3.05, 3.63) is 35.9 Å². The Labute approximate surface area is 123 Å². The molecule has 0 atom stereocenters. The van der Waals surface area contributed by atoms with E-state index in [1.165, 1.54) is 7.11 Å². The molecule has 1 rings (SSSR count). The number of amides is 1. The van der Waals surface area contributed by atoms with E-state index in [9.17, 15) is 14.4 Å². The van der Waals surface area contributed by atoms with Gasteiger partial charge in [0, 0.05) is 13.0 Å². The molecule has 0 aliphatic rings. The maximum atomic E-state index is 11.4. The van der Waals surface area contributed by atoms with E-state index in [1.807, 2.05) is 30.3 Å². The van der Waals surface area contributed by atoms with Crippen molar-refractivity contribution in [2.75, 3.05) is 13.7 Å². The number of alkyl carbamates (subject to hydrolysis) is 1. The van der Waals surface area contributed by atoms with Crippen LogP contribution >= 0.6 is 0 Å². The number of carbonyl (C=O) groups excluding carboxylic acids is 3. The van der Waals surface area contributed by atoms with Gasteiger partial charge < -0.3 is 14.8 Å². The predicted molar refractivity (Wildman–Crippen MR) is 75.5 cm³/mol. The Morgan fingerprint density at radius 2 is 1.81 bits per heavy atom. The van der Waals surface area contributed by atoms with E-state index < -0.39 is 17.8 Å². The molecule has 6 nitrogen and oxygen atoms in total. The van der Waals surface area contributed by atoms with Crippen LogP contribution in [0.15, 0.2) is 30.3 Å². The van der Waals surface area contributed by atoms with Crippen LogP contribution in [0.4, 0.5) is 4.79 Å². The highest BCUT2D eigenvalue weighted by Gasteiger charge is 2.12. The highest BCUT2D eigenvalue weighted by molar-refractivity contribution is 6.33. The summed E-state index contributed by atoms with van der Waals surface area (Å²) in [6, 6.07) is 9.36. The number of esters is 1. The monoisotopic (exact) mass is 293 g/mol. The highest BCUT2D eigenvalue weighted by Crippen LogP contribution is 2.01. The van der Waals surface area contributed by atoms with Crippen LogP contribution < -0.4 is 5.32 Å². The zero-order valence-corrected chi connectivity index (χ0v) is 12.0. The minimum absolute atomic E-state index is 0.118. The van der Waals surface area contributed by atoms with Gasteiger partial charge in [-0.3, -0.25) is 4.79 Å². The molecule has 0 saturated heterocycles. The van der Waals surface area contributed by atoms with Crippen LogP contribution in [-0.2, 0) is 25.7 Å². The molecule has 0 unspecified atom stereocenters. The van der Waals surface area contributed by atoms with Gasteiger partial charge >= 0.3 is 12.1 Å². The molecule has 0 aliphatic heterocycles. The van der Waals surface area contributed by atoms with Crippen molar-refractivity contribution in [3.8, 4) is 0 Å². The fraction of sp³-hybridized carbons (Fsp3) is 0.400. The second kappa shape index (κ2) is 9.52. The second-order valence-corrected chi connectivity index (χ2v) is 4.36. The molecule has 0 saturated carbocycles. The molecule has 0 bridgehead atoms. The first kappa shape index (κ1) is 16.7. The number of ether oxygens (including phenoxy) is 2. The number of nitrogens with one attached hydrogen (secondary N) is 1. The van der Waals surface area contributed by atoms with Crippen molar-refractivity contribution in [2.24, 2.45) is 0 Å². The zero-order chi connectivity index (χ0) is 15.5. The minimum atomic E-state index is -0.828. The molecule has 1 amide bonds. The lowest BCUT2D eigenvalue weighted by Crippen LogP contribution is -2.25. The molecule has 0 fully saturated rings. The van der Waals surface area contributed by atoms with Gasteiger partial charge in [-0.25, -0.2) is 9.59 Å². The normalized spacial score (nSPS) is 9.76. The number of carbonyl (C=O) groups is 3. The molecule has 0 spiro atoms. The third-order valence-electron chi connectivity index (χ3n) is 2.73. The first-order valence-corrected chi connectivity index (χ1v) is 6.69. The van der Waals surface area contributed by atoms with E-state index >= 15 is 0 Å². The lowest BCUT2D eigenvalue weighted by molar-refractivity contribution is -0.151. The van der Waals surface area contributed by atoms with Crippen LogP contribution in [-0.4, -0.2) is 31.5 Å². The summed E-state index contributed by atoms with van der Waals surface area (Å²) in [5, 5.41) is 2.58. The third-order valence-corrected chi connectivity index (χ3v) is 2.73. The molecule has 6 heteroatoms. The Morgan fingerprint density at radius 3 is 2.48 bits per heavy atom. The molecule has 21 heavy (non-hydrogen) atoms. The maximum absolute atomic E-state index is 11.4. The van der Waals surface area contributed by atoms with Crippen molar-refractivity contribution in [1.82, 2.24) is 5.32 Å². The van der Waals surface area contributed by atoms with Gasteiger partial charge in [0.2, 0.25) is 5.78 Å². The fourth-order valence-electron chi connectivity index (χ4n) is 1.59. The summed E-state index contributed by atoms with van der Waals surface area (Å²) < 4.78 is 9.32. The summed E-state index contributed by atoms with van der Waals surface area (Å²) >= 11 is 0. The Bertz CT molecular complexity index is 472. The van der Waals surface area contributed by atoms with E-state index in [0.29, 0.717) is 19.4 Å². The molecule has 0 radical (unpaired) electrons. The first-order chi connectivity index (χ1) is 10.1. The molecule has 1 aromatic carbocycles. The van der Waals surface area contributed by atoms with Crippen molar-refractivity contribution in [3.63, 3.8) is 0 Å². The Morgan fingerprint density at radius 1 is 1.10 bits per heavy atom. The average Bonchev–Trinajstić information content (AvgIpc) is 2.52. The van der Waals surface area contributed by atoms with Crippen LogP contribution in [0.5, 0.6) is 0 Å². The van der Waals surface area contributed by atoms with Crippen LogP contribution in [0, 0.1) is 0 Å². The Hall–Kier alpha value is -2.37. The van der Waals surface area contributed by atoms with Crippen LogP contribution in [0.3, 0.4) is 0 Å². The van der Waals surface area contributed by atoms with Crippen LogP contribution in [0.2, 0.25) is 0 Å². The second-order valence-electron chi connectivity index (χ2n) is 4.36. The van der Waals surface area contributed by atoms with Gasteiger partial charge in [-0.1, -0.05) is 30.3 Å². The molecular weight excluding hydrogens is 274 g/mol.